The Morgan fingerprint density at radius 1 is 1.35 bits per heavy atom. The molecule has 0 saturated heterocycles. The molecule has 1 unspecified atom stereocenters. The van der Waals surface area contributed by atoms with Gasteiger partial charge in [-0.05, 0) is 24.1 Å². The van der Waals surface area contributed by atoms with Crippen LogP contribution in [0.1, 0.15) is 12.5 Å². The first-order valence-electron chi connectivity index (χ1n) is 5.17. The third-order valence-electron chi connectivity index (χ3n) is 2.41. The van der Waals surface area contributed by atoms with Gasteiger partial charge < -0.3 is 10.8 Å². The second-order valence-electron chi connectivity index (χ2n) is 3.72. The molecule has 17 heavy (non-hydrogen) atoms. The molecular weight excluding hydrogens is 242 g/mol. The fourth-order valence-corrected chi connectivity index (χ4v) is 2.69. The lowest BCUT2D eigenvalue weighted by Crippen LogP contribution is -2.37. The lowest BCUT2D eigenvalue weighted by Gasteiger charge is -2.08. The summed E-state index contributed by atoms with van der Waals surface area (Å²) < 4.78 is 23.6. The van der Waals surface area contributed by atoms with Crippen LogP contribution in [0.4, 0.5) is 0 Å². The summed E-state index contributed by atoms with van der Waals surface area (Å²) in [6, 6.07) is 4.97. The first-order valence-corrected chi connectivity index (χ1v) is 6.82. The zero-order valence-corrected chi connectivity index (χ0v) is 10.3. The quantitative estimate of drug-likeness (QED) is 0.797. The number of hydrogen-bond donors (Lipinski definition) is 2. The van der Waals surface area contributed by atoms with Gasteiger partial charge in [-0.2, -0.15) is 0 Å². The first-order chi connectivity index (χ1) is 7.86. The number of carboxylic acids is 1. The molecule has 1 aromatic carbocycles. The molecule has 94 valence electrons. The molecule has 0 aliphatic heterocycles. The highest BCUT2D eigenvalue weighted by molar-refractivity contribution is 7.91. The van der Waals surface area contributed by atoms with E-state index >= 15 is 0 Å². The smallest absolute Gasteiger partial charge is 0.321 e. The Hall–Kier alpha value is -1.40. The van der Waals surface area contributed by atoms with Crippen LogP contribution in [0.15, 0.2) is 29.2 Å². The van der Waals surface area contributed by atoms with Crippen LogP contribution in [0.5, 0.6) is 0 Å². The summed E-state index contributed by atoms with van der Waals surface area (Å²) in [6.45, 7) is 1.96. The number of carboxylic acid groups (broad SMARTS) is 1. The molecule has 0 aromatic heterocycles. The van der Waals surface area contributed by atoms with Crippen molar-refractivity contribution >= 4 is 15.8 Å². The Labute approximate surface area is 100 Å². The van der Waals surface area contributed by atoms with Gasteiger partial charge in [-0.3, -0.25) is 4.79 Å². The van der Waals surface area contributed by atoms with Crippen LogP contribution in [0.25, 0.3) is 0 Å². The largest absolute Gasteiger partial charge is 0.480 e. The Morgan fingerprint density at radius 3 is 2.29 bits per heavy atom. The van der Waals surface area contributed by atoms with Crippen LogP contribution in [-0.2, 0) is 21.1 Å². The average molecular weight is 257 g/mol. The van der Waals surface area contributed by atoms with Gasteiger partial charge in [0, 0.05) is 0 Å². The second kappa shape index (κ2) is 5.29. The van der Waals surface area contributed by atoms with Crippen LogP contribution >= 0.6 is 0 Å². The van der Waals surface area contributed by atoms with Crippen molar-refractivity contribution < 1.29 is 18.3 Å². The normalized spacial score (nSPS) is 13.3. The third-order valence-corrected chi connectivity index (χ3v) is 4.20. The summed E-state index contributed by atoms with van der Waals surface area (Å²) in [5, 5.41) is 8.58. The molecule has 6 heteroatoms. The number of carbonyl (C=O) groups is 1. The number of hydrogen-bond acceptors (Lipinski definition) is 4. The molecule has 0 fully saturated rings. The third kappa shape index (κ3) is 3.54. The molecule has 0 aliphatic rings. The number of sulfone groups is 1. The maximum absolute atomic E-state index is 11.8. The molecule has 0 saturated carbocycles. The minimum Gasteiger partial charge on any atom is -0.480 e. The fourth-order valence-electron chi connectivity index (χ4n) is 1.34. The highest BCUT2D eigenvalue weighted by Crippen LogP contribution is 2.13. The summed E-state index contributed by atoms with van der Waals surface area (Å²) in [7, 11) is -3.64. The molecule has 1 aromatic rings. The molecule has 3 N–H and O–H groups in total. The molecular formula is C11H15NO4S. The van der Waals surface area contributed by atoms with Gasteiger partial charge in [0.1, 0.15) is 6.04 Å². The van der Waals surface area contributed by atoms with Crippen LogP contribution in [0.2, 0.25) is 0 Å². The van der Waals surface area contributed by atoms with Crippen molar-refractivity contribution in [3.8, 4) is 0 Å². The van der Waals surface area contributed by atoms with Gasteiger partial charge in [0.05, 0.1) is 10.6 Å². The minimum absolute atomic E-state index is 0.103. The van der Waals surface area contributed by atoms with E-state index in [1.165, 1.54) is 12.1 Å². The van der Waals surface area contributed by atoms with E-state index in [0.717, 1.165) is 12.0 Å². The zero-order valence-electron chi connectivity index (χ0n) is 9.46. The van der Waals surface area contributed by atoms with Crippen LogP contribution in [0, 0.1) is 0 Å². The SMILES string of the molecule is CCc1ccc(S(=O)(=O)CC(N)C(=O)O)cc1. The van der Waals surface area contributed by atoms with Crippen molar-refractivity contribution in [1.29, 1.82) is 0 Å². The van der Waals surface area contributed by atoms with Crippen molar-refractivity contribution in [3.63, 3.8) is 0 Å². The summed E-state index contributed by atoms with van der Waals surface area (Å²) in [4.78, 5) is 10.6. The summed E-state index contributed by atoms with van der Waals surface area (Å²) in [5.74, 6) is -1.91. The van der Waals surface area contributed by atoms with Gasteiger partial charge in [0.15, 0.2) is 9.84 Å². The van der Waals surface area contributed by atoms with E-state index in [-0.39, 0.29) is 4.90 Å². The van der Waals surface area contributed by atoms with Gasteiger partial charge in [-0.15, -0.1) is 0 Å². The molecule has 0 heterocycles. The fraction of sp³-hybridized carbons (Fsp3) is 0.364. The molecule has 5 nitrogen and oxygen atoms in total. The van der Waals surface area contributed by atoms with Crippen molar-refractivity contribution in [3.05, 3.63) is 29.8 Å². The highest BCUT2D eigenvalue weighted by atomic mass is 32.2. The molecule has 1 rings (SSSR count). The monoisotopic (exact) mass is 257 g/mol. The molecule has 0 bridgehead atoms. The van der Waals surface area contributed by atoms with E-state index in [4.69, 9.17) is 10.8 Å². The standard InChI is InChI=1S/C11H15NO4S/c1-2-8-3-5-9(6-4-8)17(15,16)7-10(12)11(13)14/h3-6,10H,2,7,12H2,1H3,(H,13,14). The van der Waals surface area contributed by atoms with Crippen molar-refractivity contribution in [2.45, 2.75) is 24.3 Å². The lowest BCUT2D eigenvalue weighted by molar-refractivity contribution is -0.137. The van der Waals surface area contributed by atoms with Crippen molar-refractivity contribution in [2.24, 2.45) is 5.73 Å². The number of aliphatic carboxylic acids is 1. The summed E-state index contributed by atoms with van der Waals surface area (Å²) >= 11 is 0. The van der Waals surface area contributed by atoms with Crippen molar-refractivity contribution in [1.82, 2.24) is 0 Å². The molecule has 0 radical (unpaired) electrons. The van der Waals surface area contributed by atoms with E-state index in [1.807, 2.05) is 6.92 Å². The van der Waals surface area contributed by atoms with Gasteiger partial charge >= 0.3 is 5.97 Å². The van der Waals surface area contributed by atoms with Gasteiger partial charge in [-0.25, -0.2) is 8.42 Å². The second-order valence-corrected chi connectivity index (χ2v) is 5.76. The topological polar surface area (TPSA) is 97.5 Å². The molecule has 1 atom stereocenters. The Morgan fingerprint density at radius 2 is 1.88 bits per heavy atom. The number of nitrogens with two attached hydrogens (primary N) is 1. The average Bonchev–Trinajstić information content (AvgIpc) is 2.28. The maximum Gasteiger partial charge on any atom is 0.321 e. The van der Waals surface area contributed by atoms with E-state index in [0.29, 0.717) is 0 Å². The maximum atomic E-state index is 11.8. The minimum atomic E-state index is -3.64. The predicted octanol–water partition coefficient (Wildman–Crippen LogP) is 0.435. The van der Waals surface area contributed by atoms with E-state index in [9.17, 15) is 13.2 Å². The number of benzene rings is 1. The van der Waals surface area contributed by atoms with E-state index < -0.39 is 27.6 Å². The van der Waals surface area contributed by atoms with Crippen LogP contribution in [-0.4, -0.2) is 31.3 Å². The Kier molecular flexibility index (Phi) is 4.25. The van der Waals surface area contributed by atoms with Gasteiger partial charge in [-0.1, -0.05) is 19.1 Å². The molecule has 0 spiro atoms. The summed E-state index contributed by atoms with van der Waals surface area (Å²) in [6.07, 6.45) is 0.814. The van der Waals surface area contributed by atoms with E-state index in [1.54, 1.807) is 12.1 Å². The van der Waals surface area contributed by atoms with Crippen LogP contribution in [0.3, 0.4) is 0 Å². The van der Waals surface area contributed by atoms with Gasteiger partial charge in [0.25, 0.3) is 0 Å². The number of aryl methyl sites for hydroxylation is 1. The first kappa shape index (κ1) is 13.7. The predicted molar refractivity (Wildman–Crippen MR) is 63.5 cm³/mol. The molecule has 0 aliphatic carbocycles. The van der Waals surface area contributed by atoms with Crippen molar-refractivity contribution in [2.75, 3.05) is 5.75 Å². The Balaban J connectivity index is 2.93. The summed E-state index contributed by atoms with van der Waals surface area (Å²) in [5.41, 5.74) is 6.24. The van der Waals surface area contributed by atoms with Gasteiger partial charge in [0.2, 0.25) is 0 Å². The number of rotatable bonds is 5. The molecule has 0 amide bonds. The van der Waals surface area contributed by atoms with Crippen LogP contribution < -0.4 is 5.73 Å². The zero-order chi connectivity index (χ0) is 13.1. The highest BCUT2D eigenvalue weighted by Gasteiger charge is 2.23. The van der Waals surface area contributed by atoms with E-state index in [2.05, 4.69) is 0 Å². The lowest BCUT2D eigenvalue weighted by atomic mass is 10.2. The Bertz CT molecular complexity index is 493.